The Bertz CT molecular complexity index is 935. The quantitative estimate of drug-likeness (QED) is 0.592. The molecule has 1 aromatic carbocycles. The Balaban J connectivity index is 1.72. The van der Waals surface area contributed by atoms with Crippen LogP contribution in [0.15, 0.2) is 42.7 Å². The Morgan fingerprint density at radius 2 is 2.11 bits per heavy atom. The van der Waals surface area contributed by atoms with E-state index in [9.17, 15) is 4.79 Å². The van der Waals surface area contributed by atoms with Gasteiger partial charge in [-0.2, -0.15) is 10.1 Å². The molecule has 8 nitrogen and oxygen atoms in total. The van der Waals surface area contributed by atoms with Gasteiger partial charge in [-0.1, -0.05) is 19.1 Å². The number of nitrogens with zero attached hydrogens (tertiary/aromatic N) is 4. The van der Waals surface area contributed by atoms with E-state index < -0.39 is 0 Å². The van der Waals surface area contributed by atoms with Crippen molar-refractivity contribution in [3.8, 4) is 11.3 Å². The first-order chi connectivity index (χ1) is 13.1. The number of benzene rings is 1. The normalized spacial score (nSPS) is 10.6. The number of amides is 1. The molecule has 0 bridgehead atoms. The average molecular weight is 365 g/mol. The Kier molecular flexibility index (Phi) is 5.65. The van der Waals surface area contributed by atoms with Crippen molar-refractivity contribution in [2.75, 3.05) is 18.1 Å². The number of nitrogens with two attached hydrogens (primary N) is 1. The molecule has 8 heteroatoms. The highest BCUT2D eigenvalue weighted by atomic mass is 16.1. The lowest BCUT2D eigenvalue weighted by atomic mass is 10.1. The predicted octanol–water partition coefficient (Wildman–Crippen LogP) is 2.30. The van der Waals surface area contributed by atoms with Crippen molar-refractivity contribution in [1.29, 1.82) is 0 Å². The van der Waals surface area contributed by atoms with E-state index in [1.54, 1.807) is 31.4 Å². The number of aryl methyl sites for hydroxylation is 1. The molecule has 0 saturated carbocycles. The molecule has 0 unspecified atom stereocenters. The number of carbonyl (C=O) groups excluding carboxylic acids is 1. The van der Waals surface area contributed by atoms with E-state index in [4.69, 9.17) is 5.73 Å². The Morgan fingerprint density at radius 1 is 1.26 bits per heavy atom. The number of anilines is 2. The van der Waals surface area contributed by atoms with E-state index in [1.807, 2.05) is 23.0 Å². The first-order valence-corrected chi connectivity index (χ1v) is 8.81. The van der Waals surface area contributed by atoms with Crippen LogP contribution in [0, 0.1) is 0 Å². The lowest BCUT2D eigenvalue weighted by molar-refractivity contribution is 0.0951. The van der Waals surface area contributed by atoms with Gasteiger partial charge in [-0.3, -0.25) is 9.48 Å². The molecule has 4 N–H and O–H groups in total. The standard InChI is InChI=1S/C19H23N7O/c1-3-7-26-12-13(11-23-26)10-22-18(27)15-6-4-5-14(8-15)16-9-17(21-2)25-19(20)24-16/h4-6,8-9,11-12H,3,7,10H2,1-2H3,(H,22,27)(H3,20,21,24,25). The molecule has 0 aliphatic carbocycles. The largest absolute Gasteiger partial charge is 0.373 e. The molecule has 0 saturated heterocycles. The van der Waals surface area contributed by atoms with Gasteiger partial charge in [-0.15, -0.1) is 0 Å². The third-order valence-electron chi connectivity index (χ3n) is 4.01. The maximum Gasteiger partial charge on any atom is 0.251 e. The summed E-state index contributed by atoms with van der Waals surface area (Å²) in [6.45, 7) is 3.39. The number of hydrogen-bond donors (Lipinski definition) is 3. The molecule has 2 aromatic heterocycles. The molecule has 140 valence electrons. The van der Waals surface area contributed by atoms with Gasteiger partial charge in [-0.25, -0.2) is 4.98 Å². The Hall–Kier alpha value is -3.42. The predicted molar refractivity (Wildman–Crippen MR) is 105 cm³/mol. The van der Waals surface area contributed by atoms with Crippen molar-refractivity contribution < 1.29 is 4.79 Å². The summed E-state index contributed by atoms with van der Waals surface area (Å²) in [5.41, 5.74) is 8.73. The number of carbonyl (C=O) groups is 1. The maximum atomic E-state index is 12.5. The van der Waals surface area contributed by atoms with Crippen LogP contribution in [0.5, 0.6) is 0 Å². The summed E-state index contributed by atoms with van der Waals surface area (Å²) in [6, 6.07) is 9.04. The van der Waals surface area contributed by atoms with Gasteiger partial charge in [0.15, 0.2) is 0 Å². The zero-order valence-electron chi connectivity index (χ0n) is 15.4. The van der Waals surface area contributed by atoms with Crippen molar-refractivity contribution in [2.24, 2.45) is 0 Å². The minimum absolute atomic E-state index is 0.157. The molecule has 0 radical (unpaired) electrons. The van der Waals surface area contributed by atoms with Gasteiger partial charge in [-0.05, 0) is 18.6 Å². The van der Waals surface area contributed by atoms with E-state index in [2.05, 4.69) is 32.6 Å². The number of hydrogen-bond acceptors (Lipinski definition) is 6. The van der Waals surface area contributed by atoms with Crippen LogP contribution in [-0.2, 0) is 13.1 Å². The first-order valence-electron chi connectivity index (χ1n) is 8.81. The number of aromatic nitrogens is 4. The summed E-state index contributed by atoms with van der Waals surface area (Å²) in [7, 11) is 1.76. The van der Waals surface area contributed by atoms with Gasteiger partial charge in [0.05, 0.1) is 11.9 Å². The summed E-state index contributed by atoms with van der Waals surface area (Å²) in [5, 5.41) is 10.1. The van der Waals surface area contributed by atoms with E-state index >= 15 is 0 Å². The van der Waals surface area contributed by atoms with E-state index in [-0.39, 0.29) is 11.9 Å². The highest BCUT2D eigenvalue weighted by molar-refractivity contribution is 5.95. The van der Waals surface area contributed by atoms with Crippen molar-refractivity contribution in [3.63, 3.8) is 0 Å². The van der Waals surface area contributed by atoms with Gasteiger partial charge >= 0.3 is 0 Å². The summed E-state index contributed by atoms with van der Waals surface area (Å²) in [4.78, 5) is 20.8. The van der Waals surface area contributed by atoms with Gasteiger partial charge in [0.2, 0.25) is 5.95 Å². The zero-order chi connectivity index (χ0) is 19.2. The Labute approximate surface area is 157 Å². The minimum Gasteiger partial charge on any atom is -0.373 e. The van der Waals surface area contributed by atoms with Gasteiger partial charge in [0, 0.05) is 49.1 Å². The second kappa shape index (κ2) is 8.31. The molecule has 2 heterocycles. The van der Waals surface area contributed by atoms with Gasteiger partial charge in [0.1, 0.15) is 5.82 Å². The van der Waals surface area contributed by atoms with Crippen LogP contribution in [0.25, 0.3) is 11.3 Å². The molecule has 3 rings (SSSR count). The number of nitrogens with one attached hydrogen (secondary N) is 2. The smallest absolute Gasteiger partial charge is 0.251 e. The van der Waals surface area contributed by atoms with Crippen LogP contribution in [0.2, 0.25) is 0 Å². The van der Waals surface area contributed by atoms with Crippen LogP contribution in [-0.4, -0.2) is 32.7 Å². The third kappa shape index (κ3) is 4.60. The average Bonchev–Trinajstić information content (AvgIpc) is 3.13. The molecular weight excluding hydrogens is 342 g/mol. The monoisotopic (exact) mass is 365 g/mol. The van der Waals surface area contributed by atoms with Crippen LogP contribution in [0.1, 0.15) is 29.3 Å². The fraction of sp³-hybridized carbons (Fsp3) is 0.263. The van der Waals surface area contributed by atoms with E-state index in [1.165, 1.54) is 0 Å². The number of rotatable bonds is 7. The lowest BCUT2D eigenvalue weighted by Crippen LogP contribution is -2.22. The molecular formula is C19H23N7O. The summed E-state index contributed by atoms with van der Waals surface area (Å²) < 4.78 is 1.88. The zero-order valence-corrected chi connectivity index (χ0v) is 15.4. The SMILES string of the molecule is CCCn1cc(CNC(=O)c2cccc(-c3cc(NC)nc(N)n3)c2)cn1. The molecule has 27 heavy (non-hydrogen) atoms. The highest BCUT2D eigenvalue weighted by Crippen LogP contribution is 2.21. The summed E-state index contributed by atoms with van der Waals surface area (Å²) in [6.07, 6.45) is 4.74. The van der Waals surface area contributed by atoms with E-state index in [0.717, 1.165) is 24.1 Å². The molecule has 3 aromatic rings. The van der Waals surface area contributed by atoms with Gasteiger partial charge in [0.25, 0.3) is 5.91 Å². The molecule has 0 aliphatic heterocycles. The maximum absolute atomic E-state index is 12.5. The molecule has 0 spiro atoms. The summed E-state index contributed by atoms with van der Waals surface area (Å²) >= 11 is 0. The van der Waals surface area contributed by atoms with Crippen molar-refractivity contribution in [3.05, 3.63) is 53.9 Å². The van der Waals surface area contributed by atoms with Crippen LogP contribution in [0.3, 0.4) is 0 Å². The van der Waals surface area contributed by atoms with Gasteiger partial charge < -0.3 is 16.4 Å². The second-order valence-corrected chi connectivity index (χ2v) is 6.12. The summed E-state index contributed by atoms with van der Waals surface area (Å²) in [5.74, 6) is 0.642. The van der Waals surface area contributed by atoms with Crippen molar-refractivity contribution >= 4 is 17.7 Å². The van der Waals surface area contributed by atoms with Crippen LogP contribution in [0.4, 0.5) is 11.8 Å². The molecule has 0 aliphatic rings. The topological polar surface area (TPSA) is 111 Å². The van der Waals surface area contributed by atoms with Crippen LogP contribution >= 0.6 is 0 Å². The number of nitrogen functional groups attached to an aromatic ring is 1. The molecule has 1 amide bonds. The Morgan fingerprint density at radius 3 is 2.89 bits per heavy atom. The fourth-order valence-corrected chi connectivity index (χ4v) is 2.70. The van der Waals surface area contributed by atoms with Crippen molar-refractivity contribution in [1.82, 2.24) is 25.1 Å². The fourth-order valence-electron chi connectivity index (χ4n) is 2.70. The first kappa shape index (κ1) is 18.4. The lowest BCUT2D eigenvalue weighted by Gasteiger charge is -2.08. The minimum atomic E-state index is -0.157. The third-order valence-corrected chi connectivity index (χ3v) is 4.01. The van der Waals surface area contributed by atoms with Crippen LogP contribution < -0.4 is 16.4 Å². The second-order valence-electron chi connectivity index (χ2n) is 6.12. The molecule has 0 atom stereocenters. The van der Waals surface area contributed by atoms with Crippen molar-refractivity contribution in [2.45, 2.75) is 26.4 Å². The van der Waals surface area contributed by atoms with E-state index in [0.29, 0.717) is 23.6 Å². The highest BCUT2D eigenvalue weighted by Gasteiger charge is 2.10. The molecule has 0 fully saturated rings.